The second-order valence-corrected chi connectivity index (χ2v) is 6.08. The summed E-state index contributed by atoms with van der Waals surface area (Å²) in [7, 11) is 1.48. The quantitative estimate of drug-likeness (QED) is 0.805. The monoisotopic (exact) mass is 378 g/mol. The second kappa shape index (κ2) is 9.20. The molecule has 2 amide bonds. The van der Waals surface area contributed by atoms with Crippen LogP contribution in [0.1, 0.15) is 12.5 Å². The molecule has 0 heterocycles. The Labute approximate surface area is 156 Å². The number of anilines is 1. The van der Waals surface area contributed by atoms with Crippen LogP contribution >= 0.6 is 11.6 Å². The number of ether oxygens (including phenoxy) is 1. The summed E-state index contributed by atoms with van der Waals surface area (Å²) in [6.45, 7) is 1.59. The Balaban J connectivity index is 1.99. The van der Waals surface area contributed by atoms with Crippen molar-refractivity contribution in [1.29, 1.82) is 0 Å². The smallest absolute Gasteiger partial charge is 0.240 e. The van der Waals surface area contributed by atoms with Crippen molar-refractivity contribution in [2.75, 3.05) is 25.1 Å². The first-order valence-electron chi connectivity index (χ1n) is 8.03. The molecule has 0 aliphatic carbocycles. The van der Waals surface area contributed by atoms with Gasteiger partial charge in [0, 0.05) is 18.5 Å². The molecule has 1 N–H and O–H groups in total. The lowest BCUT2D eigenvalue weighted by atomic mass is 10.1. The lowest BCUT2D eigenvalue weighted by molar-refractivity contribution is -0.123. The van der Waals surface area contributed by atoms with E-state index in [9.17, 15) is 14.0 Å². The van der Waals surface area contributed by atoms with Gasteiger partial charge in [-0.05, 0) is 42.3 Å². The SMILES string of the molecule is COc1ccc(Cl)cc1N(CC(=O)NCCc1ccc(F)cc1)C(C)=O. The molecule has 2 rings (SSSR count). The van der Waals surface area contributed by atoms with E-state index in [4.69, 9.17) is 16.3 Å². The van der Waals surface area contributed by atoms with Gasteiger partial charge in [-0.1, -0.05) is 23.7 Å². The van der Waals surface area contributed by atoms with Crippen LogP contribution in [0.5, 0.6) is 5.75 Å². The Hall–Kier alpha value is -2.60. The summed E-state index contributed by atoms with van der Waals surface area (Å²) in [6.07, 6.45) is 0.562. The molecule has 2 aromatic carbocycles. The molecule has 0 aliphatic rings. The predicted octanol–water partition coefficient (Wildman–Crippen LogP) is 3.20. The highest BCUT2D eigenvalue weighted by Crippen LogP contribution is 2.31. The zero-order chi connectivity index (χ0) is 19.1. The first kappa shape index (κ1) is 19.7. The summed E-state index contributed by atoms with van der Waals surface area (Å²) >= 11 is 6.00. The van der Waals surface area contributed by atoms with Gasteiger partial charge in [0.25, 0.3) is 0 Å². The van der Waals surface area contributed by atoms with Gasteiger partial charge in [-0.3, -0.25) is 14.5 Å². The fourth-order valence-electron chi connectivity index (χ4n) is 2.44. The second-order valence-electron chi connectivity index (χ2n) is 5.65. The molecule has 138 valence electrons. The van der Waals surface area contributed by atoms with Crippen LogP contribution in [0.15, 0.2) is 42.5 Å². The van der Waals surface area contributed by atoms with Crippen LogP contribution in [0.25, 0.3) is 0 Å². The minimum Gasteiger partial charge on any atom is -0.495 e. The van der Waals surface area contributed by atoms with E-state index in [1.807, 2.05) is 0 Å². The molecular weight excluding hydrogens is 359 g/mol. The maximum absolute atomic E-state index is 12.9. The molecule has 26 heavy (non-hydrogen) atoms. The minimum atomic E-state index is -0.315. The van der Waals surface area contributed by atoms with E-state index in [2.05, 4.69) is 5.32 Å². The number of amides is 2. The van der Waals surface area contributed by atoms with Crippen LogP contribution in [-0.4, -0.2) is 32.0 Å². The zero-order valence-corrected chi connectivity index (χ0v) is 15.3. The Morgan fingerprint density at radius 1 is 1.19 bits per heavy atom. The molecule has 0 spiro atoms. The van der Waals surface area contributed by atoms with Gasteiger partial charge in [-0.15, -0.1) is 0 Å². The van der Waals surface area contributed by atoms with Crippen molar-refractivity contribution in [3.05, 3.63) is 58.9 Å². The number of benzene rings is 2. The van der Waals surface area contributed by atoms with Crippen LogP contribution in [0.4, 0.5) is 10.1 Å². The highest BCUT2D eigenvalue weighted by Gasteiger charge is 2.19. The number of nitrogens with one attached hydrogen (secondary N) is 1. The van der Waals surface area contributed by atoms with Gasteiger partial charge in [-0.25, -0.2) is 4.39 Å². The maximum atomic E-state index is 12.9. The third kappa shape index (κ3) is 5.46. The Kier molecular flexibility index (Phi) is 6.97. The van der Waals surface area contributed by atoms with E-state index >= 15 is 0 Å². The number of carbonyl (C=O) groups excluding carboxylic acids is 2. The molecule has 0 radical (unpaired) electrons. The topological polar surface area (TPSA) is 58.6 Å². The molecule has 0 bridgehead atoms. The van der Waals surface area contributed by atoms with Gasteiger partial charge in [0.15, 0.2) is 0 Å². The van der Waals surface area contributed by atoms with Crippen LogP contribution in [0, 0.1) is 5.82 Å². The number of hydrogen-bond acceptors (Lipinski definition) is 3. The van der Waals surface area contributed by atoms with E-state index in [0.717, 1.165) is 5.56 Å². The predicted molar refractivity (Wildman–Crippen MR) is 99.1 cm³/mol. The summed E-state index contributed by atoms with van der Waals surface area (Å²) in [5.41, 5.74) is 1.34. The molecule has 0 atom stereocenters. The van der Waals surface area contributed by atoms with Crippen LogP contribution in [0.2, 0.25) is 5.02 Å². The molecule has 7 heteroatoms. The summed E-state index contributed by atoms with van der Waals surface area (Å²) in [5, 5.41) is 3.19. The highest BCUT2D eigenvalue weighted by molar-refractivity contribution is 6.31. The van der Waals surface area contributed by atoms with Crippen LogP contribution < -0.4 is 15.0 Å². The van der Waals surface area contributed by atoms with E-state index in [1.165, 1.54) is 31.1 Å². The van der Waals surface area contributed by atoms with Crippen LogP contribution in [-0.2, 0) is 16.0 Å². The van der Waals surface area contributed by atoms with Crippen molar-refractivity contribution in [2.45, 2.75) is 13.3 Å². The Morgan fingerprint density at radius 3 is 2.50 bits per heavy atom. The van der Waals surface area contributed by atoms with Crippen molar-refractivity contribution in [3.63, 3.8) is 0 Å². The summed E-state index contributed by atoms with van der Waals surface area (Å²) in [4.78, 5) is 25.5. The molecule has 0 aliphatic heterocycles. The van der Waals surface area contributed by atoms with Gasteiger partial charge in [0.1, 0.15) is 18.1 Å². The van der Waals surface area contributed by atoms with Crippen molar-refractivity contribution in [3.8, 4) is 5.75 Å². The van der Waals surface area contributed by atoms with Crippen molar-refractivity contribution in [2.24, 2.45) is 0 Å². The van der Waals surface area contributed by atoms with E-state index < -0.39 is 0 Å². The average molecular weight is 379 g/mol. The van der Waals surface area contributed by atoms with Crippen molar-refractivity contribution in [1.82, 2.24) is 5.32 Å². The lowest BCUT2D eigenvalue weighted by Gasteiger charge is -2.23. The van der Waals surface area contributed by atoms with Crippen molar-refractivity contribution < 1.29 is 18.7 Å². The standard InChI is InChI=1S/C19H20ClFN2O3/c1-13(24)23(17-11-15(20)5-8-18(17)26-2)12-19(25)22-10-9-14-3-6-16(21)7-4-14/h3-8,11H,9-10,12H2,1-2H3,(H,22,25). The number of methoxy groups -OCH3 is 1. The molecule has 0 saturated heterocycles. The number of nitrogens with zero attached hydrogens (tertiary/aromatic N) is 1. The van der Waals surface area contributed by atoms with E-state index in [0.29, 0.717) is 29.4 Å². The van der Waals surface area contributed by atoms with Gasteiger partial charge >= 0.3 is 0 Å². The fourth-order valence-corrected chi connectivity index (χ4v) is 2.60. The third-order valence-electron chi connectivity index (χ3n) is 3.76. The summed E-state index contributed by atoms with van der Waals surface area (Å²) in [5.74, 6) is -0.474. The average Bonchev–Trinajstić information content (AvgIpc) is 2.61. The van der Waals surface area contributed by atoms with E-state index in [-0.39, 0.29) is 24.2 Å². The largest absolute Gasteiger partial charge is 0.495 e. The normalized spacial score (nSPS) is 10.3. The first-order valence-corrected chi connectivity index (χ1v) is 8.41. The van der Waals surface area contributed by atoms with Gasteiger partial charge in [0.05, 0.1) is 12.8 Å². The number of hydrogen-bond donors (Lipinski definition) is 1. The van der Waals surface area contributed by atoms with Gasteiger partial charge in [-0.2, -0.15) is 0 Å². The fraction of sp³-hybridized carbons (Fsp3) is 0.263. The number of rotatable bonds is 7. The molecular formula is C19H20ClFN2O3. The first-order chi connectivity index (χ1) is 12.4. The van der Waals surface area contributed by atoms with E-state index in [1.54, 1.807) is 30.3 Å². The number of halogens is 2. The lowest BCUT2D eigenvalue weighted by Crippen LogP contribution is -2.40. The molecule has 2 aromatic rings. The molecule has 0 unspecified atom stereocenters. The summed E-state index contributed by atoms with van der Waals surface area (Å²) < 4.78 is 18.1. The molecule has 0 fully saturated rings. The van der Waals surface area contributed by atoms with Gasteiger partial charge in [0.2, 0.25) is 11.8 Å². The Bertz CT molecular complexity index is 781. The molecule has 0 saturated carbocycles. The third-order valence-corrected chi connectivity index (χ3v) is 4.00. The van der Waals surface area contributed by atoms with Crippen molar-refractivity contribution >= 4 is 29.1 Å². The maximum Gasteiger partial charge on any atom is 0.240 e. The highest BCUT2D eigenvalue weighted by atomic mass is 35.5. The zero-order valence-electron chi connectivity index (χ0n) is 14.6. The van der Waals surface area contributed by atoms with Gasteiger partial charge < -0.3 is 10.1 Å². The minimum absolute atomic E-state index is 0.157. The summed E-state index contributed by atoms with van der Waals surface area (Å²) in [6, 6.07) is 10.9. The Morgan fingerprint density at radius 2 is 1.88 bits per heavy atom. The molecule has 5 nitrogen and oxygen atoms in total. The number of carbonyl (C=O) groups is 2. The van der Waals surface area contributed by atoms with Crippen LogP contribution in [0.3, 0.4) is 0 Å². The molecule has 0 aromatic heterocycles.